The standard InChI is InChI=1S/C22H20FN5O3/c1-4-19(29)27-11-14(12-27)28-21-17(23)10-25-22(24)20(21)18(26-28)6-5-13-7-15(30-2)9-16(8-13)31-3/h4,7-10,14H,1,11-12H2,2-3H3,(H2,24,25). The lowest BCUT2D eigenvalue weighted by Crippen LogP contribution is -2.50. The van der Waals surface area contributed by atoms with Crippen LogP contribution < -0.4 is 15.2 Å². The van der Waals surface area contributed by atoms with Crippen LogP contribution in [0, 0.1) is 17.7 Å². The maximum absolute atomic E-state index is 14.7. The average molecular weight is 421 g/mol. The molecule has 0 aliphatic carbocycles. The Kier molecular flexibility index (Phi) is 5.21. The van der Waals surface area contributed by atoms with E-state index in [2.05, 4.69) is 28.5 Å². The number of pyridine rings is 1. The Morgan fingerprint density at radius 3 is 2.55 bits per heavy atom. The molecule has 0 spiro atoms. The lowest BCUT2D eigenvalue weighted by molar-refractivity contribution is -0.131. The topological polar surface area (TPSA) is 95.5 Å². The van der Waals surface area contributed by atoms with Crippen molar-refractivity contribution in [1.29, 1.82) is 0 Å². The van der Waals surface area contributed by atoms with Crippen molar-refractivity contribution in [3.05, 3.63) is 54.1 Å². The highest BCUT2D eigenvalue weighted by atomic mass is 19.1. The fraction of sp³-hybridized carbons (Fsp3) is 0.227. The van der Waals surface area contributed by atoms with Gasteiger partial charge in [0.2, 0.25) is 5.91 Å². The van der Waals surface area contributed by atoms with E-state index >= 15 is 0 Å². The maximum Gasteiger partial charge on any atom is 0.246 e. The summed E-state index contributed by atoms with van der Waals surface area (Å²) in [4.78, 5) is 17.3. The third-order valence-electron chi connectivity index (χ3n) is 5.08. The molecule has 1 amide bonds. The number of fused-ring (bicyclic) bond motifs is 1. The molecule has 2 aromatic heterocycles. The second kappa shape index (κ2) is 7.99. The Morgan fingerprint density at radius 1 is 1.26 bits per heavy atom. The number of carbonyl (C=O) groups excluding carboxylic acids is 1. The van der Waals surface area contributed by atoms with E-state index in [4.69, 9.17) is 15.2 Å². The molecule has 0 atom stereocenters. The molecule has 1 aliphatic heterocycles. The zero-order chi connectivity index (χ0) is 22.1. The summed E-state index contributed by atoms with van der Waals surface area (Å²) in [5.41, 5.74) is 7.19. The monoisotopic (exact) mass is 421 g/mol. The van der Waals surface area contributed by atoms with Crippen molar-refractivity contribution in [3.63, 3.8) is 0 Å². The zero-order valence-electron chi connectivity index (χ0n) is 17.1. The van der Waals surface area contributed by atoms with Gasteiger partial charge in [-0.25, -0.2) is 9.37 Å². The first-order valence-electron chi connectivity index (χ1n) is 9.43. The number of hydrogen-bond acceptors (Lipinski definition) is 6. The number of halogens is 1. The molecule has 0 saturated carbocycles. The van der Waals surface area contributed by atoms with Gasteiger partial charge in [0.05, 0.1) is 31.8 Å². The molecule has 1 saturated heterocycles. The fourth-order valence-electron chi connectivity index (χ4n) is 3.44. The molecule has 9 heteroatoms. The van der Waals surface area contributed by atoms with Crippen LogP contribution in [-0.2, 0) is 4.79 Å². The van der Waals surface area contributed by atoms with E-state index in [1.165, 1.54) is 10.8 Å². The zero-order valence-corrected chi connectivity index (χ0v) is 17.1. The van der Waals surface area contributed by atoms with Gasteiger partial charge in [-0.15, -0.1) is 0 Å². The third kappa shape index (κ3) is 3.64. The van der Waals surface area contributed by atoms with Crippen molar-refractivity contribution < 1.29 is 18.7 Å². The van der Waals surface area contributed by atoms with Gasteiger partial charge in [-0.1, -0.05) is 12.5 Å². The summed E-state index contributed by atoms with van der Waals surface area (Å²) in [6.45, 7) is 4.27. The quantitative estimate of drug-likeness (QED) is 0.512. The van der Waals surface area contributed by atoms with Gasteiger partial charge in [-0.2, -0.15) is 5.10 Å². The Bertz CT molecular complexity index is 1230. The van der Waals surface area contributed by atoms with Gasteiger partial charge >= 0.3 is 0 Å². The first-order valence-corrected chi connectivity index (χ1v) is 9.43. The normalized spacial score (nSPS) is 13.3. The van der Waals surface area contributed by atoms with Crippen LogP contribution in [-0.4, -0.2) is 52.9 Å². The van der Waals surface area contributed by atoms with Crippen molar-refractivity contribution in [2.45, 2.75) is 6.04 Å². The molecule has 8 nitrogen and oxygen atoms in total. The lowest BCUT2D eigenvalue weighted by Gasteiger charge is -2.38. The van der Waals surface area contributed by atoms with Crippen LogP contribution >= 0.6 is 0 Å². The molecule has 0 radical (unpaired) electrons. The molecule has 158 valence electrons. The number of hydrogen-bond donors (Lipinski definition) is 1. The number of benzene rings is 1. The highest BCUT2D eigenvalue weighted by molar-refractivity contribution is 5.94. The van der Waals surface area contributed by atoms with Gasteiger partial charge < -0.3 is 20.1 Å². The smallest absolute Gasteiger partial charge is 0.246 e. The van der Waals surface area contributed by atoms with Gasteiger partial charge in [0.25, 0.3) is 0 Å². The molecular weight excluding hydrogens is 401 g/mol. The first-order chi connectivity index (χ1) is 14.9. The minimum Gasteiger partial charge on any atom is -0.497 e. The van der Waals surface area contributed by atoms with Crippen LogP contribution in [0.1, 0.15) is 17.3 Å². The molecular formula is C22H20FN5O3. The summed E-state index contributed by atoms with van der Waals surface area (Å²) in [5, 5.41) is 4.85. The van der Waals surface area contributed by atoms with Crippen molar-refractivity contribution in [2.24, 2.45) is 0 Å². The molecule has 1 fully saturated rings. The van der Waals surface area contributed by atoms with Crippen LogP contribution in [0.2, 0.25) is 0 Å². The summed E-state index contributed by atoms with van der Waals surface area (Å²) in [6, 6.07) is 5.04. The molecule has 3 aromatic rings. The second-order valence-electron chi connectivity index (χ2n) is 6.96. The minimum atomic E-state index is -0.554. The van der Waals surface area contributed by atoms with Crippen LogP contribution in [0.25, 0.3) is 10.9 Å². The molecule has 0 bridgehead atoms. The van der Waals surface area contributed by atoms with E-state index in [-0.39, 0.29) is 23.3 Å². The lowest BCUT2D eigenvalue weighted by atomic mass is 10.1. The van der Waals surface area contributed by atoms with E-state index in [9.17, 15) is 9.18 Å². The maximum atomic E-state index is 14.7. The van der Waals surface area contributed by atoms with Crippen molar-refractivity contribution >= 4 is 22.6 Å². The van der Waals surface area contributed by atoms with E-state index in [0.29, 0.717) is 41.2 Å². The molecule has 3 heterocycles. The number of anilines is 1. The first kappa shape index (κ1) is 20.2. The van der Waals surface area contributed by atoms with E-state index < -0.39 is 5.82 Å². The summed E-state index contributed by atoms with van der Waals surface area (Å²) < 4.78 is 26.7. The molecule has 31 heavy (non-hydrogen) atoms. The SMILES string of the molecule is C=CC(=O)N1CC(n2nc(C#Cc3cc(OC)cc(OC)c3)c3c(N)ncc(F)c32)C1. The second-order valence-corrected chi connectivity index (χ2v) is 6.96. The Balaban J connectivity index is 1.77. The fourth-order valence-corrected chi connectivity index (χ4v) is 3.44. The van der Waals surface area contributed by atoms with E-state index in [1.54, 1.807) is 37.3 Å². The van der Waals surface area contributed by atoms with Crippen LogP contribution in [0.4, 0.5) is 10.2 Å². The van der Waals surface area contributed by atoms with Crippen LogP contribution in [0.5, 0.6) is 11.5 Å². The predicted molar refractivity (Wildman–Crippen MR) is 113 cm³/mol. The molecule has 1 aliphatic rings. The number of nitrogens with zero attached hydrogens (tertiary/aromatic N) is 4. The van der Waals surface area contributed by atoms with Crippen molar-refractivity contribution in [1.82, 2.24) is 19.7 Å². The molecule has 2 N–H and O–H groups in total. The third-order valence-corrected chi connectivity index (χ3v) is 5.08. The Hall–Kier alpha value is -4.06. The van der Waals surface area contributed by atoms with Crippen LogP contribution in [0.3, 0.4) is 0 Å². The number of nitrogens with two attached hydrogens (primary N) is 1. The van der Waals surface area contributed by atoms with Crippen molar-refractivity contribution in [2.75, 3.05) is 33.0 Å². The highest BCUT2D eigenvalue weighted by Gasteiger charge is 2.34. The number of methoxy groups -OCH3 is 2. The molecule has 1 aromatic carbocycles. The van der Waals surface area contributed by atoms with Gasteiger partial charge in [0, 0.05) is 24.7 Å². The van der Waals surface area contributed by atoms with Crippen LogP contribution in [0.15, 0.2) is 37.1 Å². The average Bonchev–Trinajstić information content (AvgIpc) is 3.13. The van der Waals surface area contributed by atoms with E-state index in [0.717, 1.165) is 6.20 Å². The number of aromatic nitrogens is 3. The molecule has 4 rings (SSSR count). The van der Waals surface area contributed by atoms with Gasteiger partial charge in [0.1, 0.15) is 28.5 Å². The molecule has 0 unspecified atom stereocenters. The number of rotatable bonds is 4. The minimum absolute atomic E-state index is 0.133. The number of likely N-dealkylation sites (tertiary alicyclic amines) is 1. The number of amides is 1. The predicted octanol–water partition coefficient (Wildman–Crippen LogP) is 2.14. The highest BCUT2D eigenvalue weighted by Crippen LogP contribution is 2.31. The number of ether oxygens (including phenoxy) is 2. The van der Waals surface area contributed by atoms with Crippen molar-refractivity contribution in [3.8, 4) is 23.3 Å². The number of nitrogen functional groups attached to an aromatic ring is 1. The Morgan fingerprint density at radius 2 is 1.94 bits per heavy atom. The summed E-state index contributed by atoms with van der Waals surface area (Å²) in [5.74, 6) is 6.55. The summed E-state index contributed by atoms with van der Waals surface area (Å²) >= 11 is 0. The largest absolute Gasteiger partial charge is 0.497 e. The Labute approximate surface area is 178 Å². The van der Waals surface area contributed by atoms with Gasteiger partial charge in [0.15, 0.2) is 5.82 Å². The summed E-state index contributed by atoms with van der Waals surface area (Å²) in [6.07, 6.45) is 2.31. The number of carbonyl (C=O) groups is 1. The van der Waals surface area contributed by atoms with Gasteiger partial charge in [-0.05, 0) is 24.1 Å². The summed E-state index contributed by atoms with van der Waals surface area (Å²) in [7, 11) is 3.10. The van der Waals surface area contributed by atoms with E-state index in [1.807, 2.05) is 0 Å². The van der Waals surface area contributed by atoms with Gasteiger partial charge in [-0.3, -0.25) is 9.48 Å².